The molecular weight excluding hydrogens is 378 g/mol. The molecule has 1 aromatic heterocycles. The van der Waals surface area contributed by atoms with Crippen LogP contribution in [-0.4, -0.2) is 56.7 Å². The van der Waals surface area contributed by atoms with Crippen molar-refractivity contribution in [3.8, 4) is 5.88 Å². The summed E-state index contributed by atoms with van der Waals surface area (Å²) in [7, 11) is -1.81. The van der Waals surface area contributed by atoms with E-state index in [0.717, 1.165) is 44.5 Å². The highest BCUT2D eigenvalue weighted by molar-refractivity contribution is 7.92. The van der Waals surface area contributed by atoms with Gasteiger partial charge in [-0.2, -0.15) is 0 Å². The van der Waals surface area contributed by atoms with Crippen LogP contribution in [0.1, 0.15) is 51.4 Å². The van der Waals surface area contributed by atoms with Crippen LogP contribution in [0, 0.1) is 5.92 Å². The fourth-order valence-electron chi connectivity index (χ4n) is 4.00. The van der Waals surface area contributed by atoms with E-state index in [9.17, 15) is 13.2 Å². The monoisotopic (exact) mass is 409 g/mol. The molecule has 1 aromatic rings. The maximum Gasteiger partial charge on any atom is 0.232 e. The average molecular weight is 410 g/mol. The van der Waals surface area contributed by atoms with Crippen LogP contribution in [-0.2, 0) is 14.8 Å². The fraction of sp³-hybridized carbons (Fsp3) is 0.700. The van der Waals surface area contributed by atoms with E-state index >= 15 is 0 Å². The Morgan fingerprint density at radius 2 is 1.89 bits per heavy atom. The van der Waals surface area contributed by atoms with Gasteiger partial charge < -0.3 is 9.64 Å². The number of likely N-dealkylation sites (tertiary alicyclic amines) is 1. The molecule has 2 fully saturated rings. The quantitative estimate of drug-likeness (QED) is 0.692. The van der Waals surface area contributed by atoms with Crippen molar-refractivity contribution in [3.05, 3.63) is 18.3 Å². The summed E-state index contributed by atoms with van der Waals surface area (Å²) in [6, 6.07) is 3.38. The van der Waals surface area contributed by atoms with Gasteiger partial charge in [-0.3, -0.25) is 9.10 Å². The number of carbonyl (C=O) groups is 1. The van der Waals surface area contributed by atoms with E-state index < -0.39 is 10.0 Å². The zero-order chi connectivity index (χ0) is 20.1. The zero-order valence-corrected chi connectivity index (χ0v) is 17.7. The summed E-state index contributed by atoms with van der Waals surface area (Å²) in [6.07, 6.45) is 11.2. The second-order valence-corrected chi connectivity index (χ2v) is 9.99. The van der Waals surface area contributed by atoms with Gasteiger partial charge in [0.05, 0.1) is 18.1 Å². The van der Waals surface area contributed by atoms with Gasteiger partial charge in [-0.1, -0.05) is 25.7 Å². The Labute approximate surface area is 168 Å². The molecule has 2 aliphatic rings. The lowest BCUT2D eigenvalue weighted by Crippen LogP contribution is -2.41. The predicted molar refractivity (Wildman–Crippen MR) is 109 cm³/mol. The van der Waals surface area contributed by atoms with Gasteiger partial charge in [0.25, 0.3) is 0 Å². The van der Waals surface area contributed by atoms with Crippen LogP contribution in [0.25, 0.3) is 0 Å². The minimum atomic E-state index is -3.31. The molecule has 3 rings (SSSR count). The normalized spacial score (nSPS) is 19.0. The van der Waals surface area contributed by atoms with Crippen molar-refractivity contribution in [1.82, 2.24) is 9.88 Å². The lowest BCUT2D eigenvalue weighted by Gasteiger charge is -2.32. The molecular formula is C20H31N3O4S. The molecule has 8 heteroatoms. The van der Waals surface area contributed by atoms with Gasteiger partial charge in [0, 0.05) is 45.5 Å². The SMILES string of the molecule is CN(c1ccc(OC2CCN(C(=O)CCC3CCCC3)CC2)nc1)S(C)(=O)=O. The Bertz CT molecular complexity index is 752. The third-order valence-electron chi connectivity index (χ3n) is 5.91. The number of nitrogens with zero attached hydrogens (tertiary/aromatic N) is 3. The minimum absolute atomic E-state index is 0.0323. The Hall–Kier alpha value is -1.83. The molecule has 0 radical (unpaired) electrons. The van der Waals surface area contributed by atoms with Crippen LogP contribution >= 0.6 is 0 Å². The van der Waals surface area contributed by atoms with Crippen molar-refractivity contribution in [1.29, 1.82) is 0 Å². The van der Waals surface area contributed by atoms with E-state index in [0.29, 0.717) is 18.0 Å². The number of carbonyl (C=O) groups excluding carboxylic acids is 1. The van der Waals surface area contributed by atoms with Crippen LogP contribution in [0.3, 0.4) is 0 Å². The molecule has 0 unspecified atom stereocenters. The van der Waals surface area contributed by atoms with Crippen molar-refractivity contribution < 1.29 is 17.9 Å². The molecule has 0 bridgehead atoms. The molecule has 1 saturated carbocycles. The predicted octanol–water partition coefficient (Wildman–Crippen LogP) is 2.82. The summed E-state index contributed by atoms with van der Waals surface area (Å²) in [5.41, 5.74) is 0.498. The van der Waals surface area contributed by atoms with Crippen LogP contribution in [0.2, 0.25) is 0 Å². The van der Waals surface area contributed by atoms with E-state index in [2.05, 4.69) is 4.98 Å². The molecule has 1 aliphatic heterocycles. The Morgan fingerprint density at radius 3 is 2.46 bits per heavy atom. The maximum atomic E-state index is 12.4. The van der Waals surface area contributed by atoms with Crippen LogP contribution in [0.15, 0.2) is 18.3 Å². The van der Waals surface area contributed by atoms with Gasteiger partial charge in [0.15, 0.2) is 0 Å². The lowest BCUT2D eigenvalue weighted by atomic mass is 10.0. The number of rotatable bonds is 7. The first-order valence-electron chi connectivity index (χ1n) is 10.2. The van der Waals surface area contributed by atoms with Crippen molar-refractivity contribution in [2.24, 2.45) is 5.92 Å². The lowest BCUT2D eigenvalue weighted by molar-refractivity contribution is -0.133. The number of piperidine rings is 1. The topological polar surface area (TPSA) is 79.8 Å². The molecule has 0 N–H and O–H groups in total. The van der Waals surface area contributed by atoms with Gasteiger partial charge >= 0.3 is 0 Å². The first-order valence-corrected chi connectivity index (χ1v) is 12.0. The first kappa shape index (κ1) is 20.9. The molecule has 1 amide bonds. The molecule has 1 aliphatic carbocycles. The van der Waals surface area contributed by atoms with Crippen LogP contribution in [0.4, 0.5) is 5.69 Å². The molecule has 0 aromatic carbocycles. The molecule has 156 valence electrons. The van der Waals surface area contributed by atoms with Crippen LogP contribution in [0.5, 0.6) is 5.88 Å². The number of amides is 1. The van der Waals surface area contributed by atoms with Crippen LogP contribution < -0.4 is 9.04 Å². The number of pyridine rings is 1. The maximum absolute atomic E-state index is 12.4. The van der Waals surface area contributed by atoms with E-state index in [1.807, 2.05) is 4.90 Å². The van der Waals surface area contributed by atoms with Gasteiger partial charge in [0.2, 0.25) is 21.8 Å². The number of aromatic nitrogens is 1. The molecule has 1 saturated heterocycles. The highest BCUT2D eigenvalue weighted by Crippen LogP contribution is 2.29. The highest BCUT2D eigenvalue weighted by Gasteiger charge is 2.25. The Morgan fingerprint density at radius 1 is 1.21 bits per heavy atom. The van der Waals surface area contributed by atoms with Crippen molar-refractivity contribution in [3.63, 3.8) is 0 Å². The van der Waals surface area contributed by atoms with Gasteiger partial charge in [0.1, 0.15) is 6.10 Å². The van der Waals surface area contributed by atoms with Crippen molar-refractivity contribution in [2.75, 3.05) is 30.7 Å². The second-order valence-electron chi connectivity index (χ2n) is 7.97. The number of hydrogen-bond acceptors (Lipinski definition) is 5. The van der Waals surface area contributed by atoms with Crippen molar-refractivity contribution in [2.45, 2.75) is 57.5 Å². The largest absolute Gasteiger partial charge is 0.474 e. The Kier molecular flexibility index (Phi) is 6.80. The summed E-state index contributed by atoms with van der Waals surface area (Å²) in [5.74, 6) is 1.51. The first-order chi connectivity index (χ1) is 13.3. The number of sulfonamides is 1. The molecule has 0 atom stereocenters. The van der Waals surface area contributed by atoms with Gasteiger partial charge in [-0.15, -0.1) is 0 Å². The summed E-state index contributed by atoms with van der Waals surface area (Å²) in [6.45, 7) is 1.45. The third-order valence-corrected chi connectivity index (χ3v) is 7.11. The third kappa shape index (κ3) is 5.59. The van der Waals surface area contributed by atoms with Crippen molar-refractivity contribution >= 4 is 21.6 Å². The minimum Gasteiger partial charge on any atom is -0.474 e. The molecule has 0 spiro atoms. The molecule has 2 heterocycles. The van der Waals surface area contributed by atoms with E-state index in [-0.39, 0.29) is 12.0 Å². The standard InChI is InChI=1S/C20H31N3O4S/c1-22(28(2,25)26)17-8-9-19(21-15-17)27-18-11-13-23(14-12-18)20(24)10-7-16-5-3-4-6-16/h8-9,15-16,18H,3-7,10-14H2,1-2H3. The highest BCUT2D eigenvalue weighted by atomic mass is 32.2. The average Bonchev–Trinajstić information content (AvgIpc) is 3.20. The zero-order valence-electron chi connectivity index (χ0n) is 16.8. The smallest absolute Gasteiger partial charge is 0.232 e. The number of ether oxygens (including phenoxy) is 1. The van der Waals surface area contributed by atoms with Gasteiger partial charge in [-0.05, 0) is 18.4 Å². The summed E-state index contributed by atoms with van der Waals surface area (Å²) in [5, 5.41) is 0. The summed E-state index contributed by atoms with van der Waals surface area (Å²) < 4.78 is 30.3. The Balaban J connectivity index is 1.43. The number of anilines is 1. The second kappa shape index (κ2) is 9.11. The van der Waals surface area contributed by atoms with Gasteiger partial charge in [-0.25, -0.2) is 13.4 Å². The van der Waals surface area contributed by atoms with E-state index in [1.54, 1.807) is 12.1 Å². The fourth-order valence-corrected chi connectivity index (χ4v) is 4.49. The summed E-state index contributed by atoms with van der Waals surface area (Å²) >= 11 is 0. The van der Waals surface area contributed by atoms with E-state index in [1.165, 1.54) is 43.2 Å². The molecule has 28 heavy (non-hydrogen) atoms. The molecule has 7 nitrogen and oxygen atoms in total. The summed E-state index contributed by atoms with van der Waals surface area (Å²) in [4.78, 5) is 18.6. The number of hydrogen-bond donors (Lipinski definition) is 0. The van der Waals surface area contributed by atoms with E-state index in [4.69, 9.17) is 4.74 Å².